The van der Waals surface area contributed by atoms with Crippen molar-refractivity contribution < 1.29 is 5.11 Å². The molecule has 0 fully saturated rings. The first-order chi connectivity index (χ1) is 12.1. The first-order valence-electron chi connectivity index (χ1n) is 8.12. The van der Waals surface area contributed by atoms with Crippen molar-refractivity contribution in [3.8, 4) is 0 Å². The van der Waals surface area contributed by atoms with Gasteiger partial charge in [-0.3, -0.25) is 0 Å². The van der Waals surface area contributed by atoms with Crippen LogP contribution < -0.4 is 5.32 Å². The molecule has 0 saturated carbocycles. The molecule has 3 rings (SSSR count). The number of aliphatic hydroxyl groups is 1. The molecule has 3 aromatic rings. The van der Waals surface area contributed by atoms with Gasteiger partial charge in [-0.05, 0) is 47.5 Å². The van der Waals surface area contributed by atoms with Crippen molar-refractivity contribution in [2.75, 3.05) is 5.32 Å². The predicted octanol–water partition coefficient (Wildman–Crippen LogP) is 6.38. The molecule has 0 radical (unpaired) electrons. The normalized spacial score (nSPS) is 13.2. The van der Waals surface area contributed by atoms with E-state index in [0.717, 1.165) is 21.3 Å². The molecule has 0 bridgehead atoms. The summed E-state index contributed by atoms with van der Waals surface area (Å²) in [7, 11) is 0. The molecule has 3 aromatic carbocycles. The summed E-state index contributed by atoms with van der Waals surface area (Å²) in [4.78, 5) is 0. The second-order valence-electron chi connectivity index (χ2n) is 5.92. The Hall–Kier alpha value is -1.81. The van der Waals surface area contributed by atoms with Gasteiger partial charge in [0.15, 0.2) is 0 Å². The molecule has 128 valence electrons. The Balaban J connectivity index is 1.83. The largest absolute Gasteiger partial charge is 0.388 e. The van der Waals surface area contributed by atoms with E-state index in [4.69, 9.17) is 11.6 Å². The summed E-state index contributed by atoms with van der Waals surface area (Å²) >= 11 is 9.45. The van der Waals surface area contributed by atoms with Gasteiger partial charge in [0.05, 0.1) is 12.1 Å². The first-order valence-corrected chi connectivity index (χ1v) is 9.29. The number of anilines is 1. The maximum atomic E-state index is 10.7. The van der Waals surface area contributed by atoms with Crippen molar-refractivity contribution >= 4 is 33.2 Å². The third kappa shape index (κ3) is 5.08. The fourth-order valence-electron chi connectivity index (χ4n) is 2.76. The monoisotopic (exact) mass is 415 g/mol. The fourth-order valence-corrected chi connectivity index (χ4v) is 3.15. The molecule has 0 aromatic heterocycles. The van der Waals surface area contributed by atoms with Gasteiger partial charge in [-0.2, -0.15) is 0 Å². The van der Waals surface area contributed by atoms with E-state index in [1.54, 1.807) is 0 Å². The summed E-state index contributed by atoms with van der Waals surface area (Å²) in [5, 5.41) is 14.9. The number of hydrogen-bond acceptors (Lipinski definition) is 2. The van der Waals surface area contributed by atoms with Gasteiger partial charge in [-0.1, -0.05) is 70.0 Å². The summed E-state index contributed by atoms with van der Waals surface area (Å²) in [6.07, 6.45) is 0.0171. The topological polar surface area (TPSA) is 32.3 Å². The van der Waals surface area contributed by atoms with Crippen molar-refractivity contribution in [2.24, 2.45) is 0 Å². The Labute approximate surface area is 161 Å². The van der Waals surface area contributed by atoms with Crippen molar-refractivity contribution in [1.29, 1.82) is 0 Å². The molecular formula is C21H19BrClNO. The van der Waals surface area contributed by atoms with E-state index in [1.807, 2.05) is 66.7 Å². The smallest absolute Gasteiger partial charge is 0.0812 e. The lowest BCUT2D eigenvalue weighted by Gasteiger charge is -2.24. The van der Waals surface area contributed by atoms with Gasteiger partial charge in [0.25, 0.3) is 0 Å². The highest BCUT2D eigenvalue weighted by atomic mass is 79.9. The summed E-state index contributed by atoms with van der Waals surface area (Å²) in [6.45, 7) is 0. The molecular weight excluding hydrogens is 398 g/mol. The van der Waals surface area contributed by atoms with Crippen LogP contribution in [0.15, 0.2) is 83.3 Å². The zero-order valence-corrected chi connectivity index (χ0v) is 15.9. The van der Waals surface area contributed by atoms with E-state index >= 15 is 0 Å². The van der Waals surface area contributed by atoms with Crippen molar-refractivity contribution in [3.05, 3.63) is 99.5 Å². The minimum Gasteiger partial charge on any atom is -0.388 e. The van der Waals surface area contributed by atoms with Crippen molar-refractivity contribution in [3.63, 3.8) is 0 Å². The lowest BCUT2D eigenvalue weighted by molar-refractivity contribution is 0.160. The van der Waals surface area contributed by atoms with E-state index in [1.165, 1.54) is 0 Å². The molecule has 0 spiro atoms. The summed E-state index contributed by atoms with van der Waals surface area (Å²) in [5.74, 6) is 0. The second-order valence-corrected chi connectivity index (χ2v) is 7.27. The summed E-state index contributed by atoms with van der Waals surface area (Å²) in [6, 6.07) is 25.5. The van der Waals surface area contributed by atoms with Crippen LogP contribution >= 0.6 is 27.5 Å². The van der Waals surface area contributed by atoms with Crippen LogP contribution in [0, 0.1) is 0 Å². The van der Waals surface area contributed by atoms with Crippen LogP contribution in [0.4, 0.5) is 5.69 Å². The molecule has 2 nitrogen and oxygen atoms in total. The van der Waals surface area contributed by atoms with Gasteiger partial charge in [0.2, 0.25) is 0 Å². The van der Waals surface area contributed by atoms with Gasteiger partial charge in [0, 0.05) is 21.6 Å². The van der Waals surface area contributed by atoms with E-state index in [9.17, 15) is 5.11 Å². The maximum Gasteiger partial charge on any atom is 0.0812 e. The molecule has 0 heterocycles. The van der Waals surface area contributed by atoms with E-state index in [0.29, 0.717) is 11.4 Å². The Bertz CT molecular complexity index is 790. The highest BCUT2D eigenvalue weighted by Crippen LogP contribution is 2.30. The maximum absolute atomic E-state index is 10.7. The molecule has 2 unspecified atom stereocenters. The van der Waals surface area contributed by atoms with Gasteiger partial charge >= 0.3 is 0 Å². The standard InChI is InChI=1S/C21H19BrClNO/c22-17-8-6-15(7-9-17)20(24-19-12-10-18(23)11-13-19)14-21(25)16-4-2-1-3-5-16/h1-13,20-21,24-25H,14H2. The number of nitrogens with one attached hydrogen (secondary N) is 1. The summed E-state index contributed by atoms with van der Waals surface area (Å²) < 4.78 is 1.03. The molecule has 0 aliphatic rings. The molecule has 0 aliphatic carbocycles. The van der Waals surface area contributed by atoms with Crippen LogP contribution in [-0.4, -0.2) is 5.11 Å². The lowest BCUT2D eigenvalue weighted by atomic mass is 9.96. The highest BCUT2D eigenvalue weighted by Gasteiger charge is 2.18. The minimum absolute atomic E-state index is 0.0236. The van der Waals surface area contributed by atoms with Crippen LogP contribution in [0.25, 0.3) is 0 Å². The number of aliphatic hydroxyl groups excluding tert-OH is 1. The van der Waals surface area contributed by atoms with Crippen LogP contribution in [0.3, 0.4) is 0 Å². The molecule has 0 aliphatic heterocycles. The highest BCUT2D eigenvalue weighted by molar-refractivity contribution is 9.10. The van der Waals surface area contributed by atoms with Gasteiger partial charge in [0.1, 0.15) is 0 Å². The van der Waals surface area contributed by atoms with Crippen LogP contribution in [0.1, 0.15) is 29.7 Å². The van der Waals surface area contributed by atoms with Gasteiger partial charge in [-0.25, -0.2) is 0 Å². The van der Waals surface area contributed by atoms with Gasteiger partial charge in [-0.15, -0.1) is 0 Å². The fraction of sp³-hybridized carbons (Fsp3) is 0.143. The Morgan fingerprint density at radius 1 is 0.840 bits per heavy atom. The van der Waals surface area contributed by atoms with Gasteiger partial charge < -0.3 is 10.4 Å². The van der Waals surface area contributed by atoms with Crippen molar-refractivity contribution in [2.45, 2.75) is 18.6 Å². The van der Waals surface area contributed by atoms with E-state index in [-0.39, 0.29) is 6.04 Å². The summed E-state index contributed by atoms with van der Waals surface area (Å²) in [5.41, 5.74) is 3.01. The molecule has 4 heteroatoms. The van der Waals surface area contributed by atoms with E-state index < -0.39 is 6.10 Å². The third-order valence-corrected chi connectivity index (χ3v) is 4.88. The van der Waals surface area contributed by atoms with Crippen LogP contribution in [-0.2, 0) is 0 Å². The number of halogens is 2. The van der Waals surface area contributed by atoms with Crippen LogP contribution in [0.2, 0.25) is 5.02 Å². The number of hydrogen-bond donors (Lipinski definition) is 2. The number of benzene rings is 3. The molecule has 0 amide bonds. The minimum atomic E-state index is -0.547. The molecule has 2 atom stereocenters. The second kappa shape index (κ2) is 8.52. The van der Waals surface area contributed by atoms with E-state index in [2.05, 4.69) is 33.4 Å². The average Bonchev–Trinajstić information content (AvgIpc) is 2.64. The predicted molar refractivity (Wildman–Crippen MR) is 108 cm³/mol. The third-order valence-electron chi connectivity index (χ3n) is 4.10. The average molecular weight is 417 g/mol. The number of rotatable bonds is 6. The lowest BCUT2D eigenvalue weighted by Crippen LogP contribution is -2.14. The quantitative estimate of drug-likeness (QED) is 0.488. The Kier molecular flexibility index (Phi) is 6.14. The SMILES string of the molecule is OC(CC(Nc1ccc(Cl)cc1)c1ccc(Br)cc1)c1ccccc1. The van der Waals surface area contributed by atoms with Crippen LogP contribution in [0.5, 0.6) is 0 Å². The molecule has 0 saturated heterocycles. The molecule has 2 N–H and O–H groups in total. The van der Waals surface area contributed by atoms with Crippen molar-refractivity contribution in [1.82, 2.24) is 0 Å². The zero-order valence-electron chi connectivity index (χ0n) is 13.6. The molecule has 25 heavy (non-hydrogen) atoms. The Morgan fingerprint density at radius 3 is 2.12 bits per heavy atom. The first kappa shape index (κ1) is 18.0. The zero-order chi connectivity index (χ0) is 17.6. The Morgan fingerprint density at radius 2 is 1.48 bits per heavy atom.